The molecule has 0 aliphatic heterocycles. The van der Waals surface area contributed by atoms with Crippen LogP contribution in [0.25, 0.3) is 0 Å². The van der Waals surface area contributed by atoms with Crippen molar-refractivity contribution in [3.05, 3.63) is 95.1 Å². The molecule has 0 aliphatic rings. The third kappa shape index (κ3) is 7.82. The van der Waals surface area contributed by atoms with E-state index in [4.69, 9.17) is 19.2 Å². The van der Waals surface area contributed by atoms with Crippen LogP contribution in [0.4, 0.5) is 13.2 Å². The van der Waals surface area contributed by atoms with Gasteiger partial charge in [-0.05, 0) is 49.4 Å². The van der Waals surface area contributed by atoms with Gasteiger partial charge in [0, 0.05) is 23.7 Å². The zero-order valence-corrected chi connectivity index (χ0v) is 22.2. The van der Waals surface area contributed by atoms with Crippen LogP contribution < -0.4 is 10.1 Å². The van der Waals surface area contributed by atoms with Gasteiger partial charge < -0.3 is 24.6 Å². The number of hydrogen-bond acceptors (Lipinski definition) is 8. The predicted molar refractivity (Wildman–Crippen MR) is 143 cm³/mol. The second-order valence-electron chi connectivity index (χ2n) is 8.08. The third-order valence-electron chi connectivity index (χ3n) is 5.37. The summed E-state index contributed by atoms with van der Waals surface area (Å²) in [4.78, 5) is 27.6. The lowest BCUT2D eigenvalue weighted by Gasteiger charge is -2.11. The number of alkyl halides is 3. The van der Waals surface area contributed by atoms with Crippen LogP contribution in [-0.4, -0.2) is 44.3 Å². The van der Waals surface area contributed by atoms with Gasteiger partial charge in [0.1, 0.15) is 43.7 Å². The maximum atomic E-state index is 13.0. The number of likely N-dealkylation sites (N-methyl/N-ethyl adjacent to an activating group) is 1. The topological polar surface area (TPSA) is 103 Å². The fraction of sp³-hybridized carbons (Fsp3) is 0.214. The first-order valence-electron chi connectivity index (χ1n) is 11.8. The molecule has 0 aromatic heterocycles. The Balaban J connectivity index is 1.75. The van der Waals surface area contributed by atoms with Gasteiger partial charge in [-0.1, -0.05) is 45.8 Å². The van der Waals surface area contributed by atoms with Crippen molar-refractivity contribution in [3.8, 4) is 11.5 Å². The lowest BCUT2D eigenvalue weighted by atomic mass is 10.0. The Labute approximate surface area is 228 Å². The first kappa shape index (κ1) is 29.7. The van der Waals surface area contributed by atoms with E-state index in [0.717, 1.165) is 12.1 Å². The summed E-state index contributed by atoms with van der Waals surface area (Å²) in [5.41, 5.74) is 1.76. The summed E-state index contributed by atoms with van der Waals surface area (Å²) in [5.74, 6) is -0.0502. The largest absolute Gasteiger partial charge is 0.457 e. The molecule has 1 N–H and O–H groups in total. The molecule has 0 heterocycles. The van der Waals surface area contributed by atoms with E-state index in [9.17, 15) is 18.0 Å². The Morgan fingerprint density at radius 3 is 2.17 bits per heavy atom. The van der Waals surface area contributed by atoms with Crippen LogP contribution >= 0.6 is 0 Å². The van der Waals surface area contributed by atoms with Crippen LogP contribution in [0.5, 0.6) is 11.5 Å². The number of rotatable bonds is 11. The van der Waals surface area contributed by atoms with Crippen LogP contribution in [0, 0.1) is 0 Å². The molecule has 0 atom stereocenters. The molecule has 40 heavy (non-hydrogen) atoms. The number of amides is 1. The van der Waals surface area contributed by atoms with Gasteiger partial charge in [0.2, 0.25) is 0 Å². The van der Waals surface area contributed by atoms with Gasteiger partial charge in [-0.25, -0.2) is 0 Å². The monoisotopic (exact) mass is 556 g/mol. The summed E-state index contributed by atoms with van der Waals surface area (Å²) >= 11 is 0. The second-order valence-corrected chi connectivity index (χ2v) is 8.08. The third-order valence-corrected chi connectivity index (χ3v) is 5.37. The zero-order valence-electron chi connectivity index (χ0n) is 22.2. The molecule has 0 aliphatic carbocycles. The Kier molecular flexibility index (Phi) is 10.2. The number of nitrogens with one attached hydrogen (secondary N) is 1. The number of hydrogen-bond donors (Lipinski definition) is 1. The van der Waals surface area contributed by atoms with E-state index in [2.05, 4.69) is 20.8 Å². The van der Waals surface area contributed by atoms with Crippen molar-refractivity contribution in [3.63, 3.8) is 0 Å². The summed E-state index contributed by atoms with van der Waals surface area (Å²) in [6, 6.07) is 18.1. The average Bonchev–Trinajstić information content (AvgIpc) is 2.95. The minimum atomic E-state index is -4.47. The van der Waals surface area contributed by atoms with Gasteiger partial charge in [0.25, 0.3) is 5.91 Å². The summed E-state index contributed by atoms with van der Waals surface area (Å²) in [5, 5.41) is 14.5. The number of benzene rings is 3. The van der Waals surface area contributed by atoms with Crippen molar-refractivity contribution in [2.45, 2.75) is 19.7 Å². The Morgan fingerprint density at radius 1 is 0.850 bits per heavy atom. The maximum absolute atomic E-state index is 13.0. The molecule has 3 rings (SSSR count). The average molecular weight is 557 g/mol. The highest BCUT2D eigenvalue weighted by Gasteiger charge is 2.30. The van der Waals surface area contributed by atoms with Crippen LogP contribution in [-0.2, 0) is 32.1 Å². The van der Waals surface area contributed by atoms with Gasteiger partial charge >= 0.3 is 6.18 Å². The van der Waals surface area contributed by atoms with Gasteiger partial charge in [-0.15, -0.1) is 0 Å². The molecule has 0 fully saturated rings. The maximum Gasteiger partial charge on any atom is 0.416 e. The minimum absolute atomic E-state index is 0.0112. The summed E-state index contributed by atoms with van der Waals surface area (Å²) in [6.45, 7) is 1.68. The zero-order chi connectivity index (χ0) is 29.1. The highest BCUT2D eigenvalue weighted by Crippen LogP contribution is 2.32. The molecule has 0 bridgehead atoms. The molecular weight excluding hydrogens is 529 g/mol. The quantitative estimate of drug-likeness (QED) is 0.247. The fourth-order valence-electron chi connectivity index (χ4n) is 3.51. The van der Waals surface area contributed by atoms with E-state index in [1.54, 1.807) is 55.5 Å². The molecule has 0 unspecified atom stereocenters. The molecule has 0 spiro atoms. The fourth-order valence-corrected chi connectivity index (χ4v) is 3.51. The number of carbonyl (C=O) groups is 1. The molecule has 3 aromatic rings. The molecule has 0 saturated heterocycles. The molecule has 0 saturated carbocycles. The smallest absolute Gasteiger partial charge is 0.416 e. The van der Waals surface area contributed by atoms with Crippen molar-refractivity contribution < 1.29 is 37.2 Å². The molecule has 0 radical (unpaired) electrons. The van der Waals surface area contributed by atoms with E-state index < -0.39 is 17.6 Å². The molecule has 9 nitrogen and oxygen atoms in total. The Hall–Kier alpha value is -4.87. The summed E-state index contributed by atoms with van der Waals surface area (Å²) < 4.78 is 44.5. The SMILES string of the molecule is CNC(=O)C(=NOC)c1ccccc1CON=C(C)C(=NOC)c1ccc(Oc2cccc(C(F)(F)F)c2)cc1. The molecule has 1 amide bonds. The second kappa shape index (κ2) is 13.8. The Bertz CT molecular complexity index is 1400. The van der Waals surface area contributed by atoms with Crippen molar-refractivity contribution in [2.75, 3.05) is 21.3 Å². The van der Waals surface area contributed by atoms with Gasteiger partial charge in [0.15, 0.2) is 5.71 Å². The van der Waals surface area contributed by atoms with E-state index in [-0.39, 0.29) is 18.1 Å². The van der Waals surface area contributed by atoms with Crippen LogP contribution in [0.2, 0.25) is 0 Å². The number of carbonyl (C=O) groups excluding carboxylic acids is 1. The van der Waals surface area contributed by atoms with E-state index >= 15 is 0 Å². The van der Waals surface area contributed by atoms with Crippen molar-refractivity contribution in [1.29, 1.82) is 0 Å². The number of ether oxygens (including phenoxy) is 1. The molecule has 12 heteroatoms. The van der Waals surface area contributed by atoms with Crippen molar-refractivity contribution in [2.24, 2.45) is 15.5 Å². The summed E-state index contributed by atoms with van der Waals surface area (Å²) in [7, 11) is 4.21. The number of nitrogens with zero attached hydrogens (tertiary/aromatic N) is 3. The van der Waals surface area contributed by atoms with Crippen molar-refractivity contribution >= 4 is 23.0 Å². The van der Waals surface area contributed by atoms with E-state index in [1.807, 2.05) is 0 Å². The molecule has 3 aromatic carbocycles. The Morgan fingerprint density at radius 2 is 1.52 bits per heavy atom. The lowest BCUT2D eigenvalue weighted by Crippen LogP contribution is -2.29. The van der Waals surface area contributed by atoms with Gasteiger partial charge in [0.05, 0.1) is 5.56 Å². The standard InChI is InChI=1S/C28H27F3N4O5/c1-18(33-39-17-20-8-5-6-11-24(20)26(35-38-4)27(36)32-2)25(34-37-3)19-12-14-22(15-13-19)40-23-10-7-9-21(16-23)28(29,30)31/h5-16H,17H2,1-4H3,(H,32,36). The first-order chi connectivity index (χ1) is 19.2. The summed E-state index contributed by atoms with van der Waals surface area (Å²) in [6.07, 6.45) is -4.47. The minimum Gasteiger partial charge on any atom is -0.457 e. The van der Waals surface area contributed by atoms with Crippen molar-refractivity contribution in [1.82, 2.24) is 5.32 Å². The molecular formula is C28H27F3N4O5. The normalized spacial score (nSPS) is 12.5. The van der Waals surface area contributed by atoms with Crippen LogP contribution in [0.3, 0.4) is 0 Å². The highest BCUT2D eigenvalue weighted by atomic mass is 19.4. The lowest BCUT2D eigenvalue weighted by molar-refractivity contribution is -0.137. The van der Waals surface area contributed by atoms with Gasteiger partial charge in [-0.3, -0.25) is 4.79 Å². The predicted octanol–water partition coefficient (Wildman–Crippen LogP) is 5.54. The van der Waals surface area contributed by atoms with E-state index in [1.165, 1.54) is 33.4 Å². The number of oxime groups is 3. The van der Waals surface area contributed by atoms with Crippen LogP contribution in [0.1, 0.15) is 29.2 Å². The molecule has 210 valence electrons. The highest BCUT2D eigenvalue weighted by molar-refractivity contribution is 6.47. The first-order valence-corrected chi connectivity index (χ1v) is 11.8. The number of halogens is 3. The van der Waals surface area contributed by atoms with Crippen LogP contribution in [0.15, 0.2) is 88.3 Å². The van der Waals surface area contributed by atoms with E-state index in [0.29, 0.717) is 33.9 Å². The van der Waals surface area contributed by atoms with Gasteiger partial charge in [-0.2, -0.15) is 13.2 Å².